The summed E-state index contributed by atoms with van der Waals surface area (Å²) in [5.41, 5.74) is 9.68. The van der Waals surface area contributed by atoms with E-state index in [1.165, 1.54) is 24.0 Å². The number of hydrogen-bond acceptors (Lipinski definition) is 2. The molecule has 0 radical (unpaired) electrons. The van der Waals surface area contributed by atoms with Gasteiger partial charge < -0.3 is 10.8 Å². The predicted molar refractivity (Wildman–Crippen MR) is 66.7 cm³/mol. The Hall–Kier alpha value is -0.760. The summed E-state index contributed by atoms with van der Waals surface area (Å²) in [6.45, 7) is 4.35. The van der Waals surface area contributed by atoms with Crippen LogP contribution in [0.15, 0.2) is 22.9 Å². The summed E-state index contributed by atoms with van der Waals surface area (Å²) in [5, 5.41) is 9.54. The van der Waals surface area contributed by atoms with E-state index in [9.17, 15) is 5.11 Å². The van der Waals surface area contributed by atoms with Gasteiger partial charge in [0.05, 0.1) is 6.10 Å². The summed E-state index contributed by atoms with van der Waals surface area (Å²) in [6.07, 6.45) is 7.52. The molecule has 16 heavy (non-hydrogen) atoms. The first-order valence-electron chi connectivity index (χ1n) is 6.39. The highest BCUT2D eigenvalue weighted by atomic mass is 16.3. The van der Waals surface area contributed by atoms with Gasteiger partial charge in [0.1, 0.15) is 0 Å². The van der Waals surface area contributed by atoms with Crippen LogP contribution >= 0.6 is 0 Å². The van der Waals surface area contributed by atoms with Crippen LogP contribution in [0.5, 0.6) is 0 Å². The van der Waals surface area contributed by atoms with Crippen LogP contribution in [0.25, 0.3) is 0 Å². The van der Waals surface area contributed by atoms with E-state index in [1.54, 1.807) is 0 Å². The summed E-state index contributed by atoms with van der Waals surface area (Å²) in [6, 6.07) is 0. The lowest BCUT2D eigenvalue weighted by atomic mass is 9.72. The molecule has 2 nitrogen and oxygen atoms in total. The molecular formula is C14H23NO. The van der Waals surface area contributed by atoms with E-state index in [2.05, 4.69) is 19.9 Å². The van der Waals surface area contributed by atoms with Crippen LogP contribution in [0, 0.1) is 11.8 Å². The first-order valence-corrected chi connectivity index (χ1v) is 6.39. The van der Waals surface area contributed by atoms with Crippen LogP contribution in [-0.4, -0.2) is 11.2 Å². The molecule has 2 rings (SSSR count). The maximum Gasteiger partial charge on any atom is 0.0540 e. The molecule has 3 N–H and O–H groups in total. The molecule has 1 saturated carbocycles. The highest BCUT2D eigenvalue weighted by Gasteiger charge is 2.29. The lowest BCUT2D eigenvalue weighted by molar-refractivity contribution is 0.0957. The molecule has 1 atom stereocenters. The van der Waals surface area contributed by atoms with Crippen molar-refractivity contribution in [3.05, 3.63) is 22.9 Å². The molecule has 0 aromatic rings. The van der Waals surface area contributed by atoms with Crippen molar-refractivity contribution in [2.45, 2.75) is 52.1 Å². The zero-order valence-corrected chi connectivity index (χ0v) is 10.4. The maximum atomic E-state index is 9.54. The Morgan fingerprint density at radius 1 is 1.19 bits per heavy atom. The van der Waals surface area contributed by atoms with Crippen molar-refractivity contribution in [3.8, 4) is 0 Å². The van der Waals surface area contributed by atoms with Crippen molar-refractivity contribution in [2.75, 3.05) is 0 Å². The number of aliphatic hydroxyl groups is 1. The van der Waals surface area contributed by atoms with Gasteiger partial charge in [-0.1, -0.05) is 5.57 Å². The van der Waals surface area contributed by atoms with Gasteiger partial charge in [-0.2, -0.15) is 0 Å². The molecule has 0 aromatic carbocycles. The molecule has 0 bridgehead atoms. The standard InChI is InChI=1S/C14H23NO/c1-9-8-14(15)10(2)7-13(9)11-3-5-12(16)6-4-11/h8,11-13,16H,3-7,15H2,1-2H3/t11-,12-,13?. The van der Waals surface area contributed by atoms with Crippen molar-refractivity contribution >= 4 is 0 Å². The third kappa shape index (κ3) is 2.32. The molecule has 90 valence electrons. The molecule has 1 unspecified atom stereocenters. The normalized spacial score (nSPS) is 36.2. The van der Waals surface area contributed by atoms with E-state index in [4.69, 9.17) is 5.73 Å². The minimum absolute atomic E-state index is 0.0502. The molecule has 0 aromatic heterocycles. The first kappa shape index (κ1) is 11.7. The largest absolute Gasteiger partial charge is 0.399 e. The van der Waals surface area contributed by atoms with E-state index in [-0.39, 0.29) is 6.10 Å². The second-order valence-electron chi connectivity index (χ2n) is 5.50. The van der Waals surface area contributed by atoms with E-state index in [1.807, 2.05) is 0 Å². The van der Waals surface area contributed by atoms with E-state index in [0.29, 0.717) is 5.92 Å². The molecular weight excluding hydrogens is 198 g/mol. The fraction of sp³-hybridized carbons (Fsp3) is 0.714. The van der Waals surface area contributed by atoms with E-state index >= 15 is 0 Å². The average Bonchev–Trinajstić information content (AvgIpc) is 2.25. The van der Waals surface area contributed by atoms with Gasteiger partial charge in [0.15, 0.2) is 0 Å². The fourth-order valence-corrected chi connectivity index (χ4v) is 3.13. The minimum Gasteiger partial charge on any atom is -0.399 e. The van der Waals surface area contributed by atoms with Crippen LogP contribution < -0.4 is 5.73 Å². The Morgan fingerprint density at radius 2 is 1.81 bits per heavy atom. The second kappa shape index (κ2) is 4.62. The van der Waals surface area contributed by atoms with Gasteiger partial charge in [0.25, 0.3) is 0 Å². The van der Waals surface area contributed by atoms with Crippen LogP contribution in [0.3, 0.4) is 0 Å². The molecule has 1 fully saturated rings. The van der Waals surface area contributed by atoms with Crippen LogP contribution in [0.2, 0.25) is 0 Å². The van der Waals surface area contributed by atoms with Crippen molar-refractivity contribution in [1.29, 1.82) is 0 Å². The van der Waals surface area contributed by atoms with Crippen LogP contribution in [0.1, 0.15) is 46.0 Å². The summed E-state index contributed by atoms with van der Waals surface area (Å²) < 4.78 is 0. The molecule has 2 aliphatic carbocycles. The van der Waals surface area contributed by atoms with E-state index < -0.39 is 0 Å². The SMILES string of the molecule is CC1=CC(N)=C(C)CC1[C@H]1CC[C@H](O)CC1. The second-order valence-corrected chi connectivity index (χ2v) is 5.50. The summed E-state index contributed by atoms with van der Waals surface area (Å²) in [4.78, 5) is 0. The minimum atomic E-state index is -0.0502. The smallest absolute Gasteiger partial charge is 0.0540 e. The Balaban J connectivity index is 2.04. The van der Waals surface area contributed by atoms with Crippen LogP contribution in [0.4, 0.5) is 0 Å². The van der Waals surface area contributed by atoms with Gasteiger partial charge in [-0.05, 0) is 69.4 Å². The third-order valence-corrected chi connectivity index (χ3v) is 4.30. The molecule has 2 heteroatoms. The Labute approximate surface area is 98.2 Å². The maximum absolute atomic E-state index is 9.54. The zero-order valence-electron chi connectivity index (χ0n) is 10.4. The van der Waals surface area contributed by atoms with Crippen molar-refractivity contribution in [3.63, 3.8) is 0 Å². The lowest BCUT2D eigenvalue weighted by Crippen LogP contribution is -2.27. The van der Waals surface area contributed by atoms with Gasteiger partial charge in [-0.25, -0.2) is 0 Å². The number of nitrogens with two attached hydrogens (primary N) is 1. The van der Waals surface area contributed by atoms with Crippen molar-refractivity contribution in [1.82, 2.24) is 0 Å². The Bertz CT molecular complexity index is 322. The molecule has 0 aliphatic heterocycles. The number of aliphatic hydroxyl groups excluding tert-OH is 1. The lowest BCUT2D eigenvalue weighted by Gasteiger charge is -2.35. The van der Waals surface area contributed by atoms with Crippen LogP contribution in [-0.2, 0) is 0 Å². The van der Waals surface area contributed by atoms with Gasteiger partial charge in [0.2, 0.25) is 0 Å². The molecule has 0 spiro atoms. The van der Waals surface area contributed by atoms with Gasteiger partial charge in [-0.3, -0.25) is 0 Å². The van der Waals surface area contributed by atoms with Gasteiger partial charge in [0, 0.05) is 5.70 Å². The number of allylic oxidation sites excluding steroid dienone is 3. The molecule has 2 aliphatic rings. The van der Waals surface area contributed by atoms with Gasteiger partial charge >= 0.3 is 0 Å². The first-order chi connectivity index (χ1) is 7.58. The summed E-state index contributed by atoms with van der Waals surface area (Å²) in [5.74, 6) is 1.42. The summed E-state index contributed by atoms with van der Waals surface area (Å²) >= 11 is 0. The average molecular weight is 221 g/mol. The third-order valence-electron chi connectivity index (χ3n) is 4.30. The Morgan fingerprint density at radius 3 is 2.44 bits per heavy atom. The Kier molecular flexibility index (Phi) is 3.38. The van der Waals surface area contributed by atoms with E-state index in [0.717, 1.165) is 30.9 Å². The molecule has 0 heterocycles. The molecule has 0 saturated heterocycles. The quantitative estimate of drug-likeness (QED) is 0.715. The zero-order chi connectivity index (χ0) is 11.7. The van der Waals surface area contributed by atoms with Crippen molar-refractivity contribution < 1.29 is 5.11 Å². The van der Waals surface area contributed by atoms with Gasteiger partial charge in [-0.15, -0.1) is 0 Å². The molecule has 0 amide bonds. The highest BCUT2D eigenvalue weighted by Crippen LogP contribution is 2.39. The summed E-state index contributed by atoms with van der Waals surface area (Å²) in [7, 11) is 0. The monoisotopic (exact) mass is 221 g/mol. The topological polar surface area (TPSA) is 46.2 Å². The number of rotatable bonds is 1. The number of hydrogen-bond donors (Lipinski definition) is 2. The van der Waals surface area contributed by atoms with Crippen molar-refractivity contribution in [2.24, 2.45) is 17.6 Å². The highest BCUT2D eigenvalue weighted by molar-refractivity contribution is 5.31. The fourth-order valence-electron chi connectivity index (χ4n) is 3.13. The predicted octanol–water partition coefficient (Wildman–Crippen LogP) is 2.74.